The number of hydrogen-bond acceptors (Lipinski definition) is 0. The van der Waals surface area contributed by atoms with Crippen molar-refractivity contribution in [2.45, 2.75) is 26.7 Å². The summed E-state index contributed by atoms with van der Waals surface area (Å²) < 4.78 is 13.2. The van der Waals surface area contributed by atoms with Crippen molar-refractivity contribution in [1.82, 2.24) is 0 Å². The highest BCUT2D eigenvalue weighted by atomic mass is 19.1. The molecule has 0 aliphatic carbocycles. The molecule has 0 nitrogen and oxygen atoms in total. The van der Waals surface area contributed by atoms with Gasteiger partial charge in [-0.2, -0.15) is 0 Å². The zero-order valence-corrected chi connectivity index (χ0v) is 7.84. The second-order valence-corrected chi connectivity index (χ2v) is 3.55. The van der Waals surface area contributed by atoms with E-state index >= 15 is 0 Å². The Morgan fingerprint density at radius 2 is 1.67 bits per heavy atom. The zero-order chi connectivity index (χ0) is 9.14. The van der Waals surface area contributed by atoms with Crippen LogP contribution in [0.4, 0.5) is 4.39 Å². The number of benzene rings is 1. The second-order valence-electron chi connectivity index (χ2n) is 3.55. The van der Waals surface area contributed by atoms with Gasteiger partial charge in [-0.25, -0.2) is 4.39 Å². The lowest BCUT2D eigenvalue weighted by Gasteiger charge is -2.16. The molecule has 0 radical (unpaired) electrons. The van der Waals surface area contributed by atoms with E-state index in [2.05, 4.69) is 20.8 Å². The highest BCUT2D eigenvalue weighted by Gasteiger charge is 2.12. The topological polar surface area (TPSA) is 0 Å². The van der Waals surface area contributed by atoms with Crippen LogP contribution in [0, 0.1) is 11.7 Å². The minimum atomic E-state index is -0.0845. The Morgan fingerprint density at radius 3 is 2.17 bits per heavy atom. The Labute approximate surface area is 73.4 Å². The van der Waals surface area contributed by atoms with Gasteiger partial charge >= 0.3 is 0 Å². The van der Waals surface area contributed by atoms with Crippen LogP contribution in [0.2, 0.25) is 0 Å². The molecule has 0 amide bonds. The Balaban J connectivity index is 2.94. The molecule has 1 aromatic carbocycles. The fourth-order valence-corrected chi connectivity index (χ4v) is 1.20. The van der Waals surface area contributed by atoms with Gasteiger partial charge in [0.25, 0.3) is 0 Å². The van der Waals surface area contributed by atoms with Crippen LogP contribution in [0.5, 0.6) is 0 Å². The third-order valence-electron chi connectivity index (χ3n) is 2.40. The predicted molar refractivity (Wildman–Crippen MR) is 49.7 cm³/mol. The average molecular weight is 166 g/mol. The standard InChI is InChI=1S/C11H15F/c1-8(2)9(3)10-6-4-5-7-11(10)12/h4-9H,1-3H3/t9-/m0/s1. The molecule has 0 saturated heterocycles. The number of halogens is 1. The molecular weight excluding hydrogens is 151 g/mol. The van der Waals surface area contributed by atoms with Gasteiger partial charge in [-0.05, 0) is 23.5 Å². The van der Waals surface area contributed by atoms with Crippen LogP contribution in [0.1, 0.15) is 32.3 Å². The van der Waals surface area contributed by atoms with Gasteiger partial charge in [-0.15, -0.1) is 0 Å². The van der Waals surface area contributed by atoms with Crippen molar-refractivity contribution in [2.75, 3.05) is 0 Å². The molecule has 0 unspecified atom stereocenters. The lowest BCUT2D eigenvalue weighted by molar-refractivity contribution is 0.501. The van der Waals surface area contributed by atoms with Gasteiger partial charge in [0.1, 0.15) is 5.82 Å². The molecule has 1 rings (SSSR count). The first kappa shape index (κ1) is 9.24. The van der Waals surface area contributed by atoms with Crippen molar-refractivity contribution in [3.63, 3.8) is 0 Å². The van der Waals surface area contributed by atoms with Gasteiger partial charge in [0.15, 0.2) is 0 Å². The molecule has 0 spiro atoms. The summed E-state index contributed by atoms with van der Waals surface area (Å²) in [4.78, 5) is 0. The van der Waals surface area contributed by atoms with Crippen LogP contribution >= 0.6 is 0 Å². The second kappa shape index (κ2) is 3.70. The van der Waals surface area contributed by atoms with E-state index in [0.29, 0.717) is 11.8 Å². The smallest absolute Gasteiger partial charge is 0.126 e. The summed E-state index contributed by atoms with van der Waals surface area (Å²) in [6.07, 6.45) is 0. The Kier molecular flexibility index (Phi) is 2.85. The van der Waals surface area contributed by atoms with E-state index in [4.69, 9.17) is 0 Å². The van der Waals surface area contributed by atoms with Gasteiger partial charge in [-0.3, -0.25) is 0 Å². The van der Waals surface area contributed by atoms with Gasteiger partial charge < -0.3 is 0 Å². The zero-order valence-electron chi connectivity index (χ0n) is 7.84. The van der Waals surface area contributed by atoms with Crippen molar-refractivity contribution < 1.29 is 4.39 Å². The lowest BCUT2D eigenvalue weighted by Crippen LogP contribution is -2.03. The monoisotopic (exact) mass is 166 g/mol. The van der Waals surface area contributed by atoms with Crippen molar-refractivity contribution in [3.05, 3.63) is 35.6 Å². The van der Waals surface area contributed by atoms with E-state index < -0.39 is 0 Å². The fourth-order valence-electron chi connectivity index (χ4n) is 1.20. The summed E-state index contributed by atoms with van der Waals surface area (Å²) in [5.74, 6) is 0.701. The Morgan fingerprint density at radius 1 is 1.08 bits per heavy atom. The largest absolute Gasteiger partial charge is 0.207 e. The van der Waals surface area contributed by atoms with Gasteiger partial charge in [0.05, 0.1) is 0 Å². The average Bonchev–Trinajstić information content (AvgIpc) is 2.04. The molecule has 0 aromatic heterocycles. The molecule has 66 valence electrons. The maximum Gasteiger partial charge on any atom is 0.126 e. The normalized spacial score (nSPS) is 13.4. The summed E-state index contributed by atoms with van der Waals surface area (Å²) in [5.41, 5.74) is 0.826. The minimum absolute atomic E-state index is 0.0845. The Bertz CT molecular complexity index is 253. The highest BCUT2D eigenvalue weighted by Crippen LogP contribution is 2.25. The van der Waals surface area contributed by atoms with Crippen LogP contribution in [-0.4, -0.2) is 0 Å². The summed E-state index contributed by atoms with van der Waals surface area (Å²) in [5, 5.41) is 0. The van der Waals surface area contributed by atoms with Crippen LogP contribution < -0.4 is 0 Å². The molecule has 0 aliphatic heterocycles. The lowest BCUT2D eigenvalue weighted by atomic mass is 9.90. The maximum atomic E-state index is 13.2. The molecule has 1 atom stereocenters. The number of rotatable bonds is 2. The molecule has 0 heterocycles. The molecule has 1 heteroatoms. The summed E-state index contributed by atoms with van der Waals surface area (Å²) >= 11 is 0. The van der Waals surface area contributed by atoms with Gasteiger partial charge in [-0.1, -0.05) is 39.0 Å². The van der Waals surface area contributed by atoms with E-state index in [0.717, 1.165) is 5.56 Å². The van der Waals surface area contributed by atoms with Crippen molar-refractivity contribution in [2.24, 2.45) is 5.92 Å². The van der Waals surface area contributed by atoms with E-state index in [1.807, 2.05) is 12.1 Å². The SMILES string of the molecule is CC(C)[C@H](C)c1ccccc1F. The Hall–Kier alpha value is -0.850. The van der Waals surface area contributed by atoms with Crippen LogP contribution in [0.25, 0.3) is 0 Å². The van der Waals surface area contributed by atoms with E-state index in [1.165, 1.54) is 6.07 Å². The minimum Gasteiger partial charge on any atom is -0.207 e. The molecule has 0 fully saturated rings. The third-order valence-corrected chi connectivity index (χ3v) is 2.40. The summed E-state index contributed by atoms with van der Waals surface area (Å²) in [6.45, 7) is 6.28. The molecular formula is C11H15F. The predicted octanol–water partition coefficient (Wildman–Crippen LogP) is 3.59. The van der Waals surface area contributed by atoms with Crippen LogP contribution in [0.15, 0.2) is 24.3 Å². The molecule has 0 bridgehead atoms. The van der Waals surface area contributed by atoms with Crippen LogP contribution in [0.3, 0.4) is 0 Å². The molecule has 0 aliphatic rings. The van der Waals surface area contributed by atoms with Gasteiger partial charge in [0.2, 0.25) is 0 Å². The summed E-state index contributed by atoms with van der Waals surface area (Å²) in [6, 6.07) is 7.00. The highest BCUT2D eigenvalue weighted by molar-refractivity contribution is 5.21. The molecule has 0 saturated carbocycles. The molecule has 0 N–H and O–H groups in total. The van der Waals surface area contributed by atoms with E-state index in [-0.39, 0.29) is 5.82 Å². The first-order valence-corrected chi connectivity index (χ1v) is 4.37. The summed E-state index contributed by atoms with van der Waals surface area (Å²) in [7, 11) is 0. The van der Waals surface area contributed by atoms with Crippen molar-refractivity contribution >= 4 is 0 Å². The van der Waals surface area contributed by atoms with E-state index in [1.54, 1.807) is 6.07 Å². The first-order chi connectivity index (χ1) is 5.63. The van der Waals surface area contributed by atoms with Crippen molar-refractivity contribution in [1.29, 1.82) is 0 Å². The maximum absolute atomic E-state index is 13.2. The van der Waals surface area contributed by atoms with Gasteiger partial charge in [0, 0.05) is 0 Å². The number of hydrogen-bond donors (Lipinski definition) is 0. The van der Waals surface area contributed by atoms with Crippen molar-refractivity contribution in [3.8, 4) is 0 Å². The molecule has 1 aromatic rings. The molecule has 12 heavy (non-hydrogen) atoms. The fraction of sp³-hybridized carbons (Fsp3) is 0.455. The third kappa shape index (κ3) is 1.84. The van der Waals surface area contributed by atoms with Crippen LogP contribution in [-0.2, 0) is 0 Å². The quantitative estimate of drug-likeness (QED) is 0.630. The van der Waals surface area contributed by atoms with E-state index in [9.17, 15) is 4.39 Å². The first-order valence-electron chi connectivity index (χ1n) is 4.37.